The molecule has 0 fully saturated rings. The summed E-state index contributed by atoms with van der Waals surface area (Å²) in [6, 6.07) is 5.95. The lowest BCUT2D eigenvalue weighted by Gasteiger charge is -2.10. The van der Waals surface area contributed by atoms with Crippen LogP contribution in [0.4, 0.5) is 10.2 Å². The SMILES string of the molecule is CC(=O)Nc1c2c(nn1CC(=O)NCc1ccc(F)cc1)CSC2. The summed E-state index contributed by atoms with van der Waals surface area (Å²) in [5.74, 6) is 1.43. The molecule has 0 saturated heterocycles. The summed E-state index contributed by atoms with van der Waals surface area (Å²) in [7, 11) is 0. The molecular weight excluding hydrogens is 331 g/mol. The molecule has 0 radical (unpaired) electrons. The summed E-state index contributed by atoms with van der Waals surface area (Å²) < 4.78 is 14.4. The Labute approximate surface area is 142 Å². The monoisotopic (exact) mass is 348 g/mol. The number of fused-ring (bicyclic) bond motifs is 1. The smallest absolute Gasteiger partial charge is 0.242 e. The highest BCUT2D eigenvalue weighted by atomic mass is 32.2. The number of rotatable bonds is 5. The molecule has 0 saturated carbocycles. The first-order valence-corrected chi connectivity index (χ1v) is 8.63. The van der Waals surface area contributed by atoms with Crippen molar-refractivity contribution in [3.05, 3.63) is 46.9 Å². The average Bonchev–Trinajstić information content (AvgIpc) is 3.10. The Morgan fingerprint density at radius 3 is 2.75 bits per heavy atom. The van der Waals surface area contributed by atoms with E-state index in [1.165, 1.54) is 23.7 Å². The van der Waals surface area contributed by atoms with E-state index >= 15 is 0 Å². The van der Waals surface area contributed by atoms with Gasteiger partial charge in [0.2, 0.25) is 11.8 Å². The first-order chi connectivity index (χ1) is 11.5. The normalized spacial score (nSPS) is 12.8. The second-order valence-electron chi connectivity index (χ2n) is 5.51. The van der Waals surface area contributed by atoms with Gasteiger partial charge in [-0.15, -0.1) is 0 Å². The lowest BCUT2D eigenvalue weighted by molar-refractivity contribution is -0.122. The van der Waals surface area contributed by atoms with Crippen molar-refractivity contribution in [2.75, 3.05) is 5.32 Å². The van der Waals surface area contributed by atoms with E-state index in [2.05, 4.69) is 15.7 Å². The third-order valence-electron chi connectivity index (χ3n) is 3.61. The maximum absolute atomic E-state index is 12.9. The first-order valence-electron chi connectivity index (χ1n) is 7.48. The van der Waals surface area contributed by atoms with Crippen LogP contribution in [0.1, 0.15) is 23.7 Å². The van der Waals surface area contributed by atoms with Gasteiger partial charge in [-0.1, -0.05) is 12.1 Å². The van der Waals surface area contributed by atoms with Gasteiger partial charge in [0, 0.05) is 30.5 Å². The summed E-state index contributed by atoms with van der Waals surface area (Å²) >= 11 is 1.73. The van der Waals surface area contributed by atoms with Crippen LogP contribution in [0.25, 0.3) is 0 Å². The Morgan fingerprint density at radius 1 is 1.29 bits per heavy atom. The molecule has 0 spiro atoms. The van der Waals surface area contributed by atoms with E-state index in [-0.39, 0.29) is 24.2 Å². The van der Waals surface area contributed by atoms with Gasteiger partial charge in [-0.2, -0.15) is 16.9 Å². The Balaban J connectivity index is 1.65. The van der Waals surface area contributed by atoms with Crippen molar-refractivity contribution in [3.63, 3.8) is 0 Å². The number of carbonyl (C=O) groups is 2. The predicted octanol–water partition coefficient (Wildman–Crippen LogP) is 2.04. The topological polar surface area (TPSA) is 76.0 Å². The van der Waals surface area contributed by atoms with Crippen molar-refractivity contribution in [1.82, 2.24) is 15.1 Å². The molecule has 126 valence electrons. The predicted molar refractivity (Wildman–Crippen MR) is 89.8 cm³/mol. The number of carbonyl (C=O) groups excluding carboxylic acids is 2. The molecule has 0 bridgehead atoms. The summed E-state index contributed by atoms with van der Waals surface area (Å²) in [5, 5.41) is 9.96. The summed E-state index contributed by atoms with van der Waals surface area (Å²) in [6.45, 7) is 1.76. The van der Waals surface area contributed by atoms with E-state index in [0.29, 0.717) is 12.4 Å². The van der Waals surface area contributed by atoms with Crippen molar-refractivity contribution >= 4 is 29.4 Å². The highest BCUT2D eigenvalue weighted by Gasteiger charge is 2.24. The zero-order valence-corrected chi connectivity index (χ0v) is 14.0. The zero-order chi connectivity index (χ0) is 17.1. The molecule has 1 aliphatic rings. The molecular formula is C16H17FN4O2S. The molecule has 1 aromatic carbocycles. The van der Waals surface area contributed by atoms with Crippen LogP contribution in [0.2, 0.25) is 0 Å². The lowest BCUT2D eigenvalue weighted by Crippen LogP contribution is -2.28. The minimum absolute atomic E-state index is 0.0223. The molecule has 8 heteroatoms. The van der Waals surface area contributed by atoms with Crippen LogP contribution in [0.5, 0.6) is 0 Å². The number of thioether (sulfide) groups is 1. The van der Waals surface area contributed by atoms with Crippen LogP contribution in [0.15, 0.2) is 24.3 Å². The number of aromatic nitrogens is 2. The van der Waals surface area contributed by atoms with Gasteiger partial charge in [-0.25, -0.2) is 9.07 Å². The Bertz CT molecular complexity index is 773. The third-order valence-corrected chi connectivity index (χ3v) is 4.58. The number of amides is 2. The fraction of sp³-hybridized carbons (Fsp3) is 0.312. The number of hydrogen-bond acceptors (Lipinski definition) is 4. The van der Waals surface area contributed by atoms with Gasteiger partial charge in [-0.05, 0) is 17.7 Å². The van der Waals surface area contributed by atoms with Gasteiger partial charge in [0.1, 0.15) is 18.2 Å². The van der Waals surface area contributed by atoms with Crippen LogP contribution in [-0.2, 0) is 34.2 Å². The van der Waals surface area contributed by atoms with Crippen LogP contribution in [0.3, 0.4) is 0 Å². The Hall–Kier alpha value is -2.35. The molecule has 2 amide bonds. The highest BCUT2D eigenvalue weighted by molar-refractivity contribution is 7.98. The maximum atomic E-state index is 12.9. The molecule has 0 aliphatic carbocycles. The fourth-order valence-electron chi connectivity index (χ4n) is 2.48. The number of anilines is 1. The maximum Gasteiger partial charge on any atom is 0.242 e. The van der Waals surface area contributed by atoms with Gasteiger partial charge >= 0.3 is 0 Å². The van der Waals surface area contributed by atoms with Gasteiger partial charge in [0.05, 0.1) is 5.69 Å². The van der Waals surface area contributed by atoms with E-state index in [0.717, 1.165) is 28.3 Å². The van der Waals surface area contributed by atoms with Gasteiger partial charge in [0.15, 0.2) is 0 Å². The van der Waals surface area contributed by atoms with Gasteiger partial charge in [0.25, 0.3) is 0 Å². The van der Waals surface area contributed by atoms with E-state index < -0.39 is 0 Å². The molecule has 2 heterocycles. The zero-order valence-electron chi connectivity index (χ0n) is 13.1. The van der Waals surface area contributed by atoms with Crippen molar-refractivity contribution in [2.24, 2.45) is 0 Å². The molecule has 3 rings (SSSR count). The van der Waals surface area contributed by atoms with Crippen LogP contribution >= 0.6 is 11.8 Å². The number of nitrogens with one attached hydrogen (secondary N) is 2. The van der Waals surface area contributed by atoms with Crippen LogP contribution in [0, 0.1) is 5.82 Å². The summed E-state index contributed by atoms with van der Waals surface area (Å²) in [6.07, 6.45) is 0. The van der Waals surface area contributed by atoms with Gasteiger partial charge in [-0.3, -0.25) is 9.59 Å². The van der Waals surface area contributed by atoms with Crippen molar-refractivity contribution < 1.29 is 14.0 Å². The Kier molecular flexibility index (Phi) is 4.84. The molecule has 6 nitrogen and oxygen atoms in total. The molecule has 2 aromatic rings. The molecule has 1 aliphatic heterocycles. The number of benzene rings is 1. The summed E-state index contributed by atoms with van der Waals surface area (Å²) in [4.78, 5) is 23.6. The first kappa shape index (κ1) is 16.5. The van der Waals surface area contributed by atoms with Crippen LogP contribution in [-0.4, -0.2) is 21.6 Å². The number of halogens is 1. The second kappa shape index (κ2) is 7.04. The fourth-order valence-corrected chi connectivity index (χ4v) is 3.52. The molecule has 1 aromatic heterocycles. The van der Waals surface area contributed by atoms with Crippen molar-refractivity contribution in [1.29, 1.82) is 0 Å². The average molecular weight is 348 g/mol. The quantitative estimate of drug-likeness (QED) is 0.867. The Morgan fingerprint density at radius 2 is 2.04 bits per heavy atom. The summed E-state index contributed by atoms with van der Waals surface area (Å²) in [5.41, 5.74) is 2.71. The number of hydrogen-bond donors (Lipinski definition) is 2. The molecule has 2 N–H and O–H groups in total. The third kappa shape index (κ3) is 3.76. The van der Waals surface area contributed by atoms with Crippen molar-refractivity contribution in [2.45, 2.75) is 31.5 Å². The lowest BCUT2D eigenvalue weighted by atomic mass is 10.2. The van der Waals surface area contributed by atoms with E-state index in [9.17, 15) is 14.0 Å². The van der Waals surface area contributed by atoms with Gasteiger partial charge < -0.3 is 10.6 Å². The largest absolute Gasteiger partial charge is 0.350 e. The van der Waals surface area contributed by atoms with Crippen molar-refractivity contribution in [3.8, 4) is 0 Å². The second-order valence-corrected chi connectivity index (χ2v) is 6.49. The standard InChI is InChI=1S/C16H17FN4O2S/c1-10(22)19-16-13-8-24-9-14(13)20-21(16)7-15(23)18-6-11-2-4-12(17)5-3-11/h2-5H,6-9H2,1H3,(H,18,23)(H,19,22). The van der Waals surface area contributed by atoms with E-state index in [1.54, 1.807) is 23.9 Å². The van der Waals surface area contributed by atoms with E-state index in [4.69, 9.17) is 0 Å². The molecule has 24 heavy (non-hydrogen) atoms. The molecule has 0 atom stereocenters. The van der Waals surface area contributed by atoms with E-state index in [1.807, 2.05) is 0 Å². The minimum Gasteiger partial charge on any atom is -0.350 e. The van der Waals surface area contributed by atoms with Crippen LogP contribution < -0.4 is 10.6 Å². The minimum atomic E-state index is -0.311. The highest BCUT2D eigenvalue weighted by Crippen LogP contribution is 2.34. The number of nitrogens with zero attached hydrogens (tertiary/aromatic N) is 2. The molecule has 0 unspecified atom stereocenters.